The third kappa shape index (κ3) is 4.02. The van der Waals surface area contributed by atoms with E-state index in [0.717, 1.165) is 6.20 Å². The maximum absolute atomic E-state index is 12.1. The van der Waals surface area contributed by atoms with Crippen molar-refractivity contribution >= 4 is 57.9 Å². The minimum absolute atomic E-state index is 0.0419. The lowest BCUT2D eigenvalue weighted by molar-refractivity contribution is -0.122. The van der Waals surface area contributed by atoms with Crippen molar-refractivity contribution in [1.29, 1.82) is 5.26 Å². The zero-order valence-corrected chi connectivity index (χ0v) is 15.1. The van der Waals surface area contributed by atoms with Gasteiger partial charge in [0.05, 0.1) is 21.1 Å². The van der Waals surface area contributed by atoms with Gasteiger partial charge in [-0.1, -0.05) is 34.8 Å². The molecule has 0 radical (unpaired) electrons. The first kappa shape index (κ1) is 18.6. The number of thiazole rings is 1. The fraction of sp³-hybridized carbons (Fsp3) is 0.214. The van der Waals surface area contributed by atoms with Gasteiger partial charge in [0, 0.05) is 17.3 Å². The van der Waals surface area contributed by atoms with Crippen LogP contribution in [0.15, 0.2) is 11.6 Å². The molecule has 2 aromatic rings. The second-order valence-electron chi connectivity index (χ2n) is 4.51. The first-order chi connectivity index (χ1) is 11.3. The number of aryl methyl sites for hydroxylation is 1. The van der Waals surface area contributed by atoms with E-state index >= 15 is 0 Å². The van der Waals surface area contributed by atoms with Crippen molar-refractivity contribution in [2.75, 3.05) is 6.61 Å². The number of ether oxygens (including phenoxy) is 1. The summed E-state index contributed by atoms with van der Waals surface area (Å²) in [7, 11) is 0. The number of pyridine rings is 1. The van der Waals surface area contributed by atoms with E-state index in [2.05, 4.69) is 9.97 Å². The van der Waals surface area contributed by atoms with E-state index in [0.29, 0.717) is 10.7 Å². The maximum atomic E-state index is 12.1. The van der Waals surface area contributed by atoms with E-state index in [1.165, 1.54) is 11.3 Å². The van der Waals surface area contributed by atoms with E-state index in [4.69, 9.17) is 44.8 Å². The summed E-state index contributed by atoms with van der Waals surface area (Å²) in [5.41, 5.74) is 0.435. The molecule has 0 aromatic carbocycles. The Kier molecular flexibility index (Phi) is 6.13. The SMILES string of the molecule is Cc1csc([C@H](C#N)C(=O)COC(=O)c2ncc(Cl)c(Cl)c2Cl)n1. The summed E-state index contributed by atoms with van der Waals surface area (Å²) in [5.74, 6) is -2.65. The molecule has 2 aromatic heterocycles. The Morgan fingerprint density at radius 1 is 1.38 bits per heavy atom. The summed E-state index contributed by atoms with van der Waals surface area (Å²) in [4.78, 5) is 31.9. The van der Waals surface area contributed by atoms with Crippen LogP contribution in [0.1, 0.15) is 27.1 Å². The molecule has 0 spiro atoms. The Morgan fingerprint density at radius 2 is 2.08 bits per heavy atom. The molecule has 0 N–H and O–H groups in total. The molecule has 10 heteroatoms. The van der Waals surface area contributed by atoms with Crippen LogP contribution in [0.2, 0.25) is 15.1 Å². The fourth-order valence-corrected chi connectivity index (χ4v) is 3.06. The highest BCUT2D eigenvalue weighted by Gasteiger charge is 2.26. The van der Waals surface area contributed by atoms with Crippen LogP contribution >= 0.6 is 46.1 Å². The molecule has 1 atom stereocenters. The number of Topliss-reactive ketones (excluding diaryl/α,β-unsaturated/α-hetero) is 1. The summed E-state index contributed by atoms with van der Waals surface area (Å²) < 4.78 is 4.87. The van der Waals surface area contributed by atoms with Gasteiger partial charge >= 0.3 is 5.97 Å². The van der Waals surface area contributed by atoms with Gasteiger partial charge in [0.1, 0.15) is 5.01 Å². The van der Waals surface area contributed by atoms with E-state index in [1.807, 2.05) is 6.07 Å². The lowest BCUT2D eigenvalue weighted by Crippen LogP contribution is -2.20. The number of aromatic nitrogens is 2. The fourth-order valence-electron chi connectivity index (χ4n) is 1.64. The molecule has 2 heterocycles. The van der Waals surface area contributed by atoms with E-state index in [-0.39, 0.29) is 20.8 Å². The third-order valence-electron chi connectivity index (χ3n) is 2.79. The average molecular weight is 405 g/mol. The molecule has 0 aliphatic rings. The number of nitriles is 1. The summed E-state index contributed by atoms with van der Waals surface area (Å²) in [6.07, 6.45) is 1.14. The van der Waals surface area contributed by atoms with Crippen LogP contribution in [-0.4, -0.2) is 28.3 Å². The molecule has 0 aliphatic heterocycles. The van der Waals surface area contributed by atoms with Crippen LogP contribution in [0.25, 0.3) is 0 Å². The van der Waals surface area contributed by atoms with Crippen molar-refractivity contribution in [3.63, 3.8) is 0 Å². The number of halogens is 3. The number of carbonyl (C=O) groups is 2. The number of rotatable bonds is 5. The molecule has 24 heavy (non-hydrogen) atoms. The topological polar surface area (TPSA) is 92.9 Å². The zero-order chi connectivity index (χ0) is 17.9. The molecule has 0 bridgehead atoms. The number of carbonyl (C=O) groups excluding carboxylic acids is 2. The van der Waals surface area contributed by atoms with Gasteiger partial charge in [0.2, 0.25) is 0 Å². The summed E-state index contributed by atoms with van der Waals surface area (Å²) in [5, 5.41) is 11.1. The van der Waals surface area contributed by atoms with Crippen LogP contribution in [-0.2, 0) is 9.53 Å². The second kappa shape index (κ2) is 7.90. The third-order valence-corrected chi connectivity index (χ3v) is 5.06. The van der Waals surface area contributed by atoms with Gasteiger partial charge in [-0.15, -0.1) is 11.3 Å². The molecule has 2 rings (SSSR count). The minimum Gasteiger partial charge on any atom is -0.453 e. The number of hydrogen-bond donors (Lipinski definition) is 0. The van der Waals surface area contributed by atoms with Gasteiger partial charge in [-0.2, -0.15) is 5.26 Å². The van der Waals surface area contributed by atoms with Crippen molar-refractivity contribution in [3.8, 4) is 6.07 Å². The molecular formula is C14H8Cl3N3O3S. The Morgan fingerprint density at radius 3 is 2.67 bits per heavy atom. The van der Waals surface area contributed by atoms with Crippen LogP contribution in [0.4, 0.5) is 0 Å². The van der Waals surface area contributed by atoms with Gasteiger partial charge in [0.25, 0.3) is 0 Å². The van der Waals surface area contributed by atoms with E-state index in [9.17, 15) is 9.59 Å². The molecule has 0 unspecified atom stereocenters. The standard InChI is InChI=1S/C14H8Cl3N3O3S/c1-6-5-24-13(20-6)7(2-18)9(21)4-23-14(22)12-11(17)10(16)8(15)3-19-12/h3,5,7H,4H2,1H3/t7-/m1/s1. The number of ketones is 1. The van der Waals surface area contributed by atoms with Gasteiger partial charge in [-0.3, -0.25) is 4.79 Å². The first-order valence-corrected chi connectivity index (χ1v) is 8.37. The van der Waals surface area contributed by atoms with Crippen molar-refractivity contribution in [3.05, 3.63) is 43.0 Å². The first-order valence-electron chi connectivity index (χ1n) is 6.36. The van der Waals surface area contributed by atoms with Crippen molar-refractivity contribution in [2.24, 2.45) is 0 Å². The molecule has 6 nitrogen and oxygen atoms in total. The highest BCUT2D eigenvalue weighted by molar-refractivity contribution is 7.09. The predicted octanol–water partition coefficient (Wildman–Crippen LogP) is 3.84. The lowest BCUT2D eigenvalue weighted by Gasteiger charge is -2.08. The molecule has 0 amide bonds. The predicted molar refractivity (Wildman–Crippen MR) is 89.8 cm³/mol. The second-order valence-corrected chi connectivity index (χ2v) is 6.57. The average Bonchev–Trinajstić information content (AvgIpc) is 2.97. The van der Waals surface area contributed by atoms with E-state index < -0.39 is 24.3 Å². The van der Waals surface area contributed by atoms with Gasteiger partial charge in [0.15, 0.2) is 24.0 Å². The normalized spacial score (nSPS) is 11.6. The van der Waals surface area contributed by atoms with Crippen molar-refractivity contribution < 1.29 is 14.3 Å². The highest BCUT2D eigenvalue weighted by Crippen LogP contribution is 2.31. The van der Waals surface area contributed by atoms with Crippen LogP contribution in [0.5, 0.6) is 0 Å². The monoisotopic (exact) mass is 403 g/mol. The van der Waals surface area contributed by atoms with Gasteiger partial charge in [-0.25, -0.2) is 14.8 Å². The number of nitrogens with zero attached hydrogens (tertiary/aromatic N) is 3. The quantitative estimate of drug-likeness (QED) is 0.703. The highest BCUT2D eigenvalue weighted by atomic mass is 35.5. The zero-order valence-electron chi connectivity index (χ0n) is 12.0. The lowest BCUT2D eigenvalue weighted by atomic mass is 10.1. The van der Waals surface area contributed by atoms with Crippen molar-refractivity contribution in [1.82, 2.24) is 9.97 Å². The van der Waals surface area contributed by atoms with Crippen LogP contribution in [0.3, 0.4) is 0 Å². The van der Waals surface area contributed by atoms with Gasteiger partial charge < -0.3 is 4.74 Å². The number of esters is 1. The Bertz CT molecular complexity index is 848. The molecule has 0 aliphatic carbocycles. The minimum atomic E-state index is -1.10. The summed E-state index contributed by atoms with van der Waals surface area (Å²) in [6, 6.07) is 1.85. The Hall–Kier alpha value is -1.72. The Labute approximate surface area is 155 Å². The molecule has 0 saturated carbocycles. The number of hydrogen-bond acceptors (Lipinski definition) is 7. The van der Waals surface area contributed by atoms with Crippen LogP contribution < -0.4 is 0 Å². The maximum Gasteiger partial charge on any atom is 0.358 e. The molecule has 124 valence electrons. The summed E-state index contributed by atoms with van der Waals surface area (Å²) in [6.45, 7) is 1.13. The summed E-state index contributed by atoms with van der Waals surface area (Å²) >= 11 is 18.6. The van der Waals surface area contributed by atoms with Crippen molar-refractivity contribution in [2.45, 2.75) is 12.8 Å². The smallest absolute Gasteiger partial charge is 0.358 e. The Balaban J connectivity index is 2.07. The molecular weight excluding hydrogens is 397 g/mol. The molecule has 0 fully saturated rings. The largest absolute Gasteiger partial charge is 0.453 e. The van der Waals surface area contributed by atoms with Crippen LogP contribution in [0, 0.1) is 18.3 Å². The molecule has 0 saturated heterocycles. The van der Waals surface area contributed by atoms with Gasteiger partial charge in [-0.05, 0) is 6.92 Å². The van der Waals surface area contributed by atoms with E-state index in [1.54, 1.807) is 12.3 Å².